The fourth-order valence-electron chi connectivity index (χ4n) is 1.78. The SMILES string of the molecule is CC[C@@H](C)NC(=O)COn1nnc2ccc(C(=O)OC)cc21. The van der Waals surface area contributed by atoms with E-state index in [0.717, 1.165) is 11.3 Å². The third kappa shape index (κ3) is 3.51. The van der Waals surface area contributed by atoms with Gasteiger partial charge < -0.3 is 14.9 Å². The molecule has 0 aliphatic heterocycles. The van der Waals surface area contributed by atoms with Crippen molar-refractivity contribution in [2.45, 2.75) is 26.3 Å². The summed E-state index contributed by atoms with van der Waals surface area (Å²) in [5, 5.41) is 10.5. The van der Waals surface area contributed by atoms with Crippen molar-refractivity contribution in [1.29, 1.82) is 0 Å². The van der Waals surface area contributed by atoms with E-state index in [2.05, 4.69) is 20.4 Å². The maximum atomic E-state index is 11.7. The molecule has 22 heavy (non-hydrogen) atoms. The first-order valence-corrected chi connectivity index (χ1v) is 6.91. The van der Waals surface area contributed by atoms with E-state index in [1.807, 2.05) is 13.8 Å². The Morgan fingerprint density at radius 1 is 1.41 bits per heavy atom. The molecule has 0 aliphatic carbocycles. The zero-order valence-corrected chi connectivity index (χ0v) is 12.7. The fourth-order valence-corrected chi connectivity index (χ4v) is 1.78. The minimum absolute atomic E-state index is 0.0783. The van der Waals surface area contributed by atoms with Crippen LogP contribution in [0.3, 0.4) is 0 Å². The van der Waals surface area contributed by atoms with Crippen molar-refractivity contribution < 1.29 is 19.2 Å². The van der Waals surface area contributed by atoms with Gasteiger partial charge >= 0.3 is 5.97 Å². The number of nitrogens with one attached hydrogen (secondary N) is 1. The van der Waals surface area contributed by atoms with Crippen molar-refractivity contribution in [2.24, 2.45) is 0 Å². The Hall–Kier alpha value is -2.64. The van der Waals surface area contributed by atoms with Gasteiger partial charge in [-0.2, -0.15) is 0 Å². The average molecular weight is 306 g/mol. The molecule has 1 N–H and O–H groups in total. The minimum Gasteiger partial charge on any atom is -0.465 e. The molecule has 1 amide bonds. The number of hydrogen-bond donors (Lipinski definition) is 1. The first-order valence-electron chi connectivity index (χ1n) is 6.91. The van der Waals surface area contributed by atoms with Gasteiger partial charge in [0.05, 0.1) is 12.7 Å². The Kier molecular flexibility index (Phi) is 4.92. The number of hydrogen-bond acceptors (Lipinski definition) is 6. The number of carbonyl (C=O) groups excluding carboxylic acids is 2. The van der Waals surface area contributed by atoms with E-state index in [0.29, 0.717) is 16.6 Å². The highest BCUT2D eigenvalue weighted by Gasteiger charge is 2.13. The second kappa shape index (κ2) is 6.88. The minimum atomic E-state index is -0.468. The van der Waals surface area contributed by atoms with E-state index >= 15 is 0 Å². The average Bonchev–Trinajstić information content (AvgIpc) is 2.94. The monoisotopic (exact) mass is 306 g/mol. The first-order chi connectivity index (χ1) is 10.5. The smallest absolute Gasteiger partial charge is 0.337 e. The van der Waals surface area contributed by atoms with Crippen molar-refractivity contribution in [3.05, 3.63) is 23.8 Å². The van der Waals surface area contributed by atoms with Crippen LogP contribution in [0.2, 0.25) is 0 Å². The van der Waals surface area contributed by atoms with Crippen LogP contribution in [-0.2, 0) is 9.53 Å². The molecule has 2 aromatic rings. The first kappa shape index (κ1) is 15.7. The van der Waals surface area contributed by atoms with Crippen LogP contribution in [0.1, 0.15) is 30.6 Å². The molecule has 8 nitrogen and oxygen atoms in total. The lowest BCUT2D eigenvalue weighted by Crippen LogP contribution is -2.37. The molecule has 0 saturated carbocycles. The molecule has 0 bridgehead atoms. The Morgan fingerprint density at radius 2 is 2.18 bits per heavy atom. The van der Waals surface area contributed by atoms with E-state index < -0.39 is 5.97 Å². The number of amides is 1. The van der Waals surface area contributed by atoms with Crippen LogP contribution in [-0.4, -0.2) is 46.8 Å². The third-order valence-electron chi connectivity index (χ3n) is 3.17. The molecule has 1 aromatic heterocycles. The van der Waals surface area contributed by atoms with Crippen molar-refractivity contribution in [1.82, 2.24) is 20.5 Å². The normalized spacial score (nSPS) is 12.0. The van der Waals surface area contributed by atoms with E-state index in [4.69, 9.17) is 4.84 Å². The summed E-state index contributed by atoms with van der Waals surface area (Å²) in [7, 11) is 1.30. The topological polar surface area (TPSA) is 95.3 Å². The molecule has 0 radical (unpaired) electrons. The zero-order chi connectivity index (χ0) is 16.1. The Labute approximate surface area is 127 Å². The second-order valence-corrected chi connectivity index (χ2v) is 4.81. The van der Waals surface area contributed by atoms with Crippen LogP contribution in [0.25, 0.3) is 11.0 Å². The highest BCUT2D eigenvalue weighted by atomic mass is 16.7. The predicted molar refractivity (Wildman–Crippen MR) is 78.2 cm³/mol. The van der Waals surface area contributed by atoms with Crippen LogP contribution >= 0.6 is 0 Å². The van der Waals surface area contributed by atoms with Crippen LogP contribution in [0, 0.1) is 0 Å². The molecular formula is C14H18N4O4. The van der Waals surface area contributed by atoms with Gasteiger partial charge in [-0.1, -0.05) is 11.8 Å². The largest absolute Gasteiger partial charge is 0.465 e. The van der Waals surface area contributed by atoms with Gasteiger partial charge in [-0.25, -0.2) is 4.79 Å². The molecule has 1 aromatic carbocycles. The molecule has 8 heteroatoms. The van der Waals surface area contributed by atoms with Gasteiger partial charge in [0.2, 0.25) is 0 Å². The summed E-state index contributed by atoms with van der Waals surface area (Å²) in [6.45, 7) is 3.70. The number of esters is 1. The van der Waals surface area contributed by atoms with E-state index in [1.165, 1.54) is 7.11 Å². The van der Waals surface area contributed by atoms with Crippen molar-refractivity contribution >= 4 is 22.9 Å². The summed E-state index contributed by atoms with van der Waals surface area (Å²) in [5.41, 5.74) is 1.39. The molecule has 118 valence electrons. The lowest BCUT2D eigenvalue weighted by molar-refractivity contribution is -0.126. The number of fused-ring (bicyclic) bond motifs is 1. The van der Waals surface area contributed by atoms with E-state index in [1.54, 1.807) is 18.2 Å². The van der Waals surface area contributed by atoms with Gasteiger partial charge in [0.1, 0.15) is 11.0 Å². The summed E-state index contributed by atoms with van der Waals surface area (Å²) in [4.78, 5) is 29.7. The van der Waals surface area contributed by atoms with Crippen molar-refractivity contribution in [2.75, 3.05) is 13.7 Å². The molecule has 2 rings (SSSR count). The Bertz CT molecular complexity index is 683. The predicted octanol–water partition coefficient (Wildman–Crippen LogP) is 0.561. The number of nitrogens with zero attached hydrogens (tertiary/aromatic N) is 3. The van der Waals surface area contributed by atoms with Crippen LogP contribution in [0.4, 0.5) is 0 Å². The lowest BCUT2D eigenvalue weighted by atomic mass is 10.2. The molecule has 0 saturated heterocycles. The van der Waals surface area contributed by atoms with Crippen LogP contribution < -0.4 is 10.2 Å². The van der Waals surface area contributed by atoms with Crippen LogP contribution in [0.5, 0.6) is 0 Å². The van der Waals surface area contributed by atoms with Gasteiger partial charge in [0.15, 0.2) is 6.61 Å². The van der Waals surface area contributed by atoms with E-state index in [9.17, 15) is 9.59 Å². The third-order valence-corrected chi connectivity index (χ3v) is 3.17. The standard InChI is InChI=1S/C14H18N4O4/c1-4-9(2)15-13(19)8-22-18-12-7-10(14(20)21-3)5-6-11(12)16-17-18/h5-7,9H,4,8H2,1-3H3,(H,15,19)/t9-/m1/s1. The quantitative estimate of drug-likeness (QED) is 0.784. The number of aromatic nitrogens is 3. The molecular weight excluding hydrogens is 288 g/mol. The molecule has 0 unspecified atom stereocenters. The maximum Gasteiger partial charge on any atom is 0.337 e. The summed E-state index contributed by atoms with van der Waals surface area (Å²) in [6.07, 6.45) is 0.834. The van der Waals surface area contributed by atoms with Crippen molar-refractivity contribution in [3.8, 4) is 0 Å². The molecule has 0 spiro atoms. The maximum absolute atomic E-state index is 11.7. The molecule has 1 heterocycles. The molecule has 1 atom stereocenters. The summed E-state index contributed by atoms with van der Waals surface area (Å²) in [6, 6.07) is 4.85. The highest BCUT2D eigenvalue weighted by molar-refractivity contribution is 5.93. The highest BCUT2D eigenvalue weighted by Crippen LogP contribution is 2.13. The lowest BCUT2D eigenvalue weighted by Gasteiger charge is -2.11. The van der Waals surface area contributed by atoms with Gasteiger partial charge in [-0.15, -0.1) is 5.10 Å². The van der Waals surface area contributed by atoms with Crippen LogP contribution in [0.15, 0.2) is 18.2 Å². The summed E-state index contributed by atoms with van der Waals surface area (Å²) >= 11 is 0. The Morgan fingerprint density at radius 3 is 2.86 bits per heavy atom. The summed E-state index contributed by atoms with van der Waals surface area (Å²) in [5.74, 6) is -0.716. The summed E-state index contributed by atoms with van der Waals surface area (Å²) < 4.78 is 4.66. The van der Waals surface area contributed by atoms with Gasteiger partial charge in [-0.05, 0) is 36.8 Å². The zero-order valence-electron chi connectivity index (χ0n) is 12.7. The number of benzene rings is 1. The van der Waals surface area contributed by atoms with Gasteiger partial charge in [0.25, 0.3) is 5.91 Å². The number of ether oxygens (including phenoxy) is 1. The second-order valence-electron chi connectivity index (χ2n) is 4.81. The molecule has 0 aliphatic rings. The number of carbonyl (C=O) groups is 2. The van der Waals surface area contributed by atoms with Gasteiger partial charge in [-0.3, -0.25) is 4.79 Å². The number of rotatable bonds is 6. The molecule has 0 fully saturated rings. The van der Waals surface area contributed by atoms with E-state index in [-0.39, 0.29) is 18.6 Å². The van der Waals surface area contributed by atoms with Crippen molar-refractivity contribution in [3.63, 3.8) is 0 Å². The fraction of sp³-hybridized carbons (Fsp3) is 0.429. The number of methoxy groups -OCH3 is 1. The Balaban J connectivity index is 2.11. The van der Waals surface area contributed by atoms with Gasteiger partial charge in [0, 0.05) is 6.04 Å².